The van der Waals surface area contributed by atoms with Crippen LogP contribution in [0.4, 0.5) is 0 Å². The number of esters is 2. The summed E-state index contributed by atoms with van der Waals surface area (Å²) in [4.78, 5) is 21.1. The van der Waals surface area contributed by atoms with Crippen LogP contribution in [-0.4, -0.2) is 25.7 Å². The quantitative estimate of drug-likeness (QED) is 0.562. The molecule has 4 nitrogen and oxygen atoms in total. The number of hydrogen-bond donors (Lipinski definition) is 0. The van der Waals surface area contributed by atoms with Crippen LogP contribution in [0.5, 0.6) is 0 Å². The molecule has 0 aliphatic carbocycles. The van der Waals surface area contributed by atoms with E-state index in [2.05, 4.69) is 9.47 Å². The zero-order valence-electron chi connectivity index (χ0n) is 6.75. The van der Waals surface area contributed by atoms with E-state index in [1.165, 1.54) is 7.11 Å². The molecule has 0 radical (unpaired) electrons. The zero-order valence-corrected chi connectivity index (χ0v) is 6.75. The lowest BCUT2D eigenvalue weighted by atomic mass is 10.3. The molecule has 64 valence electrons. The highest BCUT2D eigenvalue weighted by atomic mass is 16.5. The van der Waals surface area contributed by atoms with Crippen LogP contribution in [0.2, 0.25) is 0 Å². The average molecular weight is 160 g/mol. The molecule has 0 aromatic rings. The van der Waals surface area contributed by atoms with Gasteiger partial charge in [0.25, 0.3) is 0 Å². The third kappa shape index (κ3) is 5.39. The van der Waals surface area contributed by atoms with Crippen LogP contribution in [0, 0.1) is 0 Å². The Balaban J connectivity index is 3.38. The second-order valence-electron chi connectivity index (χ2n) is 1.88. The normalized spacial score (nSPS) is 8.91. The highest BCUT2D eigenvalue weighted by Gasteiger charge is 2.06. The Hall–Kier alpha value is -1.06. The molecule has 0 saturated heterocycles. The van der Waals surface area contributed by atoms with E-state index in [1.807, 2.05) is 0 Å². The largest absolute Gasteiger partial charge is 0.469 e. The molecule has 0 aliphatic rings. The van der Waals surface area contributed by atoms with Crippen molar-refractivity contribution in [3.63, 3.8) is 0 Å². The molecule has 0 N–H and O–H groups in total. The number of ether oxygens (including phenoxy) is 2. The van der Waals surface area contributed by atoms with Gasteiger partial charge in [0.05, 0.1) is 26.6 Å². The molecule has 0 bridgehead atoms. The van der Waals surface area contributed by atoms with Crippen molar-refractivity contribution in [3.05, 3.63) is 0 Å². The number of hydrogen-bond acceptors (Lipinski definition) is 4. The summed E-state index contributed by atoms with van der Waals surface area (Å²) in [5, 5.41) is 0. The van der Waals surface area contributed by atoms with Gasteiger partial charge >= 0.3 is 11.9 Å². The van der Waals surface area contributed by atoms with Gasteiger partial charge in [-0.15, -0.1) is 0 Å². The zero-order chi connectivity index (χ0) is 8.69. The van der Waals surface area contributed by atoms with Gasteiger partial charge in [-0.25, -0.2) is 0 Å². The van der Waals surface area contributed by atoms with E-state index in [0.29, 0.717) is 6.61 Å². The molecule has 0 rings (SSSR count). The first-order valence-electron chi connectivity index (χ1n) is 3.43. The summed E-state index contributed by atoms with van der Waals surface area (Å²) >= 11 is 0. The lowest BCUT2D eigenvalue weighted by Crippen LogP contribution is -2.08. The molecule has 0 unspecified atom stereocenters. The van der Waals surface area contributed by atoms with Gasteiger partial charge < -0.3 is 9.47 Å². The third-order valence-corrected chi connectivity index (χ3v) is 1.07. The molecule has 0 saturated carbocycles. The SMILES string of the molecule is CCOC(=O)CCC(=O)OC. The van der Waals surface area contributed by atoms with Gasteiger partial charge in [-0.05, 0) is 6.92 Å². The second-order valence-corrected chi connectivity index (χ2v) is 1.88. The average Bonchev–Trinajstić information content (AvgIpc) is 2.01. The van der Waals surface area contributed by atoms with Crippen molar-refractivity contribution in [1.82, 2.24) is 0 Å². The van der Waals surface area contributed by atoms with Crippen molar-refractivity contribution in [2.45, 2.75) is 19.8 Å². The lowest BCUT2D eigenvalue weighted by molar-refractivity contribution is -0.148. The Morgan fingerprint density at radius 1 is 1.18 bits per heavy atom. The van der Waals surface area contributed by atoms with Crippen LogP contribution in [0.25, 0.3) is 0 Å². The standard InChI is InChI=1S/C7H12O4/c1-3-11-7(9)5-4-6(8)10-2/h3-5H2,1-2H3. The monoisotopic (exact) mass is 160 g/mol. The molecule has 0 aromatic heterocycles. The predicted octanol–water partition coefficient (Wildman–Crippen LogP) is 0.503. The molecule has 4 heteroatoms. The minimum atomic E-state index is -0.391. The van der Waals surface area contributed by atoms with Gasteiger partial charge in [0.1, 0.15) is 0 Å². The van der Waals surface area contributed by atoms with E-state index in [1.54, 1.807) is 6.92 Å². The van der Waals surface area contributed by atoms with Crippen molar-refractivity contribution >= 4 is 11.9 Å². The van der Waals surface area contributed by atoms with E-state index < -0.39 is 5.97 Å². The maximum atomic E-state index is 10.6. The van der Waals surface area contributed by atoms with Crippen molar-refractivity contribution in [1.29, 1.82) is 0 Å². The molecule has 0 amide bonds. The minimum Gasteiger partial charge on any atom is -0.469 e. The Morgan fingerprint density at radius 2 is 1.73 bits per heavy atom. The third-order valence-electron chi connectivity index (χ3n) is 1.07. The first kappa shape index (κ1) is 9.94. The summed E-state index contributed by atoms with van der Waals surface area (Å²) in [6, 6.07) is 0. The van der Waals surface area contributed by atoms with E-state index in [4.69, 9.17) is 0 Å². The molecule has 0 atom stereocenters. The summed E-state index contributed by atoms with van der Waals surface area (Å²) in [5.41, 5.74) is 0. The maximum absolute atomic E-state index is 10.6. The fourth-order valence-electron chi connectivity index (χ4n) is 0.539. The summed E-state index contributed by atoms with van der Waals surface area (Å²) in [6.45, 7) is 2.07. The highest BCUT2D eigenvalue weighted by molar-refractivity contribution is 5.77. The molecule has 11 heavy (non-hydrogen) atoms. The van der Waals surface area contributed by atoms with Crippen LogP contribution in [0.3, 0.4) is 0 Å². The Morgan fingerprint density at radius 3 is 2.18 bits per heavy atom. The van der Waals surface area contributed by atoms with Gasteiger partial charge in [-0.1, -0.05) is 0 Å². The van der Waals surface area contributed by atoms with Crippen LogP contribution >= 0.6 is 0 Å². The fraction of sp³-hybridized carbons (Fsp3) is 0.714. The van der Waals surface area contributed by atoms with Gasteiger partial charge in [-0.2, -0.15) is 0 Å². The lowest BCUT2D eigenvalue weighted by Gasteiger charge is -1.99. The van der Waals surface area contributed by atoms with E-state index in [9.17, 15) is 9.59 Å². The number of rotatable bonds is 4. The van der Waals surface area contributed by atoms with Gasteiger partial charge in [0.15, 0.2) is 0 Å². The highest BCUT2D eigenvalue weighted by Crippen LogP contribution is 1.94. The van der Waals surface area contributed by atoms with Crippen LogP contribution < -0.4 is 0 Å². The maximum Gasteiger partial charge on any atom is 0.306 e. The molecule has 0 aromatic carbocycles. The molecule has 0 fully saturated rings. The minimum absolute atomic E-state index is 0.0926. The van der Waals surface area contributed by atoms with Gasteiger partial charge in [0.2, 0.25) is 0 Å². The number of carbonyl (C=O) groups is 2. The molecule has 0 aliphatic heterocycles. The molecular formula is C7H12O4. The summed E-state index contributed by atoms with van der Waals surface area (Å²) < 4.78 is 8.92. The van der Waals surface area contributed by atoms with Crippen LogP contribution in [-0.2, 0) is 19.1 Å². The van der Waals surface area contributed by atoms with Crippen molar-refractivity contribution in [3.8, 4) is 0 Å². The first-order chi connectivity index (χ1) is 5.20. The van der Waals surface area contributed by atoms with Crippen molar-refractivity contribution in [2.75, 3.05) is 13.7 Å². The van der Waals surface area contributed by atoms with Gasteiger partial charge in [-0.3, -0.25) is 9.59 Å². The predicted molar refractivity (Wildman–Crippen MR) is 37.9 cm³/mol. The van der Waals surface area contributed by atoms with E-state index in [-0.39, 0.29) is 18.8 Å². The fourth-order valence-corrected chi connectivity index (χ4v) is 0.539. The van der Waals surface area contributed by atoms with Gasteiger partial charge in [0, 0.05) is 0 Å². The van der Waals surface area contributed by atoms with E-state index >= 15 is 0 Å². The topological polar surface area (TPSA) is 52.6 Å². The Bertz CT molecular complexity index is 141. The molecule has 0 spiro atoms. The Kier molecular flexibility index (Phi) is 5.15. The van der Waals surface area contributed by atoms with Crippen molar-refractivity contribution < 1.29 is 19.1 Å². The molecular weight excluding hydrogens is 148 g/mol. The summed E-state index contributed by atoms with van der Waals surface area (Å²) in [5.74, 6) is -0.754. The molecule has 0 heterocycles. The number of carbonyl (C=O) groups excluding carboxylic acids is 2. The second kappa shape index (κ2) is 5.70. The smallest absolute Gasteiger partial charge is 0.306 e. The van der Waals surface area contributed by atoms with Crippen LogP contribution in [0.1, 0.15) is 19.8 Å². The first-order valence-corrected chi connectivity index (χ1v) is 3.43. The number of methoxy groups -OCH3 is 1. The summed E-state index contributed by atoms with van der Waals surface area (Å²) in [6.07, 6.45) is 0.190. The van der Waals surface area contributed by atoms with Crippen LogP contribution in [0.15, 0.2) is 0 Å². The van der Waals surface area contributed by atoms with Crippen molar-refractivity contribution in [2.24, 2.45) is 0 Å². The summed E-state index contributed by atoms with van der Waals surface area (Å²) in [7, 11) is 1.29. The van der Waals surface area contributed by atoms with E-state index in [0.717, 1.165) is 0 Å². The Labute approximate surface area is 65.5 Å².